The highest BCUT2D eigenvalue weighted by atomic mass is 16.5. The maximum absolute atomic E-state index is 10.9. The second-order valence-electron chi connectivity index (χ2n) is 4.53. The van der Waals surface area contributed by atoms with E-state index in [1.807, 2.05) is 26.1 Å². The summed E-state index contributed by atoms with van der Waals surface area (Å²) in [5.41, 5.74) is 4.28. The number of rotatable bonds is 2. The molecule has 0 spiro atoms. The molecule has 0 saturated heterocycles. The summed E-state index contributed by atoms with van der Waals surface area (Å²) in [7, 11) is 1.99. The van der Waals surface area contributed by atoms with Crippen molar-refractivity contribution in [2.75, 3.05) is 7.05 Å². The molecule has 1 aliphatic rings. The number of hydrogen-bond donors (Lipinski definition) is 0. The monoisotopic (exact) mass is 255 g/mol. The highest BCUT2D eigenvalue weighted by molar-refractivity contribution is 5.72. The zero-order chi connectivity index (χ0) is 14.0. The molecule has 0 bridgehead atoms. The van der Waals surface area contributed by atoms with E-state index in [1.165, 1.54) is 6.92 Å². The first-order chi connectivity index (χ1) is 8.99. The Morgan fingerprint density at radius 2 is 1.84 bits per heavy atom. The third kappa shape index (κ3) is 2.76. The summed E-state index contributed by atoms with van der Waals surface area (Å²) in [5.74, 6) is 0.245. The molecule has 0 atom stereocenters. The Morgan fingerprint density at radius 1 is 1.21 bits per heavy atom. The van der Waals surface area contributed by atoms with E-state index < -0.39 is 0 Å². The first kappa shape index (κ1) is 13.1. The second-order valence-corrected chi connectivity index (χ2v) is 4.53. The number of benzene rings is 1. The molecule has 1 aromatic carbocycles. The molecule has 98 valence electrons. The molecule has 0 saturated carbocycles. The van der Waals surface area contributed by atoms with E-state index in [0.717, 1.165) is 22.5 Å². The molecule has 0 aromatic heterocycles. The normalized spacial score (nSPS) is 14.9. The Labute approximate surface area is 113 Å². The van der Waals surface area contributed by atoms with Crippen LogP contribution < -0.4 is 4.74 Å². The van der Waals surface area contributed by atoms with E-state index in [-0.39, 0.29) is 5.97 Å². The van der Waals surface area contributed by atoms with Gasteiger partial charge >= 0.3 is 5.97 Å². The van der Waals surface area contributed by atoms with Gasteiger partial charge in [0.15, 0.2) is 0 Å². The lowest BCUT2D eigenvalue weighted by atomic mass is 10.0. The van der Waals surface area contributed by atoms with Gasteiger partial charge < -0.3 is 9.64 Å². The summed E-state index contributed by atoms with van der Waals surface area (Å²) < 4.78 is 5.02. The van der Waals surface area contributed by atoms with Crippen molar-refractivity contribution < 1.29 is 9.53 Å². The number of likely N-dealkylation sites (N-methyl/N-ethyl adjacent to an activating group) is 1. The van der Waals surface area contributed by atoms with Crippen LogP contribution in [0.15, 0.2) is 54.3 Å². The average Bonchev–Trinajstić information content (AvgIpc) is 2.37. The maximum Gasteiger partial charge on any atom is 0.308 e. The average molecular weight is 255 g/mol. The predicted octanol–water partition coefficient (Wildman–Crippen LogP) is 3.36. The smallest absolute Gasteiger partial charge is 0.308 e. The van der Waals surface area contributed by atoms with Crippen molar-refractivity contribution in [3.63, 3.8) is 0 Å². The van der Waals surface area contributed by atoms with Gasteiger partial charge in [-0.15, -0.1) is 0 Å². The molecule has 0 N–H and O–H groups in total. The maximum atomic E-state index is 10.9. The van der Waals surface area contributed by atoms with Crippen LogP contribution in [0.1, 0.15) is 19.4 Å². The second kappa shape index (κ2) is 5.14. The Hall–Kier alpha value is -2.29. The van der Waals surface area contributed by atoms with E-state index in [1.54, 1.807) is 12.1 Å². The van der Waals surface area contributed by atoms with Crippen molar-refractivity contribution in [1.29, 1.82) is 0 Å². The van der Waals surface area contributed by atoms with Crippen molar-refractivity contribution in [2.45, 2.75) is 13.8 Å². The van der Waals surface area contributed by atoms with Gasteiger partial charge in [0.05, 0.1) is 0 Å². The molecule has 0 unspecified atom stereocenters. The van der Waals surface area contributed by atoms with Gasteiger partial charge in [-0.2, -0.15) is 0 Å². The Kier molecular flexibility index (Phi) is 3.56. The van der Waals surface area contributed by atoms with Gasteiger partial charge in [-0.3, -0.25) is 4.79 Å². The van der Waals surface area contributed by atoms with Gasteiger partial charge in [-0.25, -0.2) is 0 Å². The number of allylic oxidation sites excluding steroid dienone is 3. The fourth-order valence-electron chi connectivity index (χ4n) is 1.97. The highest BCUT2D eigenvalue weighted by Crippen LogP contribution is 2.29. The van der Waals surface area contributed by atoms with Crippen LogP contribution in [0.2, 0.25) is 0 Å². The summed E-state index contributed by atoms with van der Waals surface area (Å²) in [6.45, 7) is 7.49. The van der Waals surface area contributed by atoms with E-state index >= 15 is 0 Å². The standard InChI is InChI=1S/C16H17NO2/c1-11-5-10-16(17(4)12(11)2)14-6-8-15(9-7-14)19-13(3)18/h5-10H,2H2,1,3-4H3. The van der Waals surface area contributed by atoms with Gasteiger partial charge in [-0.05, 0) is 48.4 Å². The minimum Gasteiger partial charge on any atom is -0.427 e. The topological polar surface area (TPSA) is 29.5 Å². The SMILES string of the molecule is C=C1C(C)=CC=C(c2ccc(OC(C)=O)cc2)N1C. The van der Waals surface area contributed by atoms with Crippen LogP contribution in [-0.4, -0.2) is 17.9 Å². The number of hydrogen-bond acceptors (Lipinski definition) is 3. The molecule has 0 fully saturated rings. The molecule has 19 heavy (non-hydrogen) atoms. The summed E-state index contributed by atoms with van der Waals surface area (Å²) >= 11 is 0. The first-order valence-corrected chi connectivity index (χ1v) is 6.09. The molecule has 0 radical (unpaired) electrons. The Morgan fingerprint density at radius 3 is 2.42 bits per heavy atom. The van der Waals surface area contributed by atoms with Gasteiger partial charge in [0.25, 0.3) is 0 Å². The lowest BCUT2D eigenvalue weighted by molar-refractivity contribution is -0.131. The highest BCUT2D eigenvalue weighted by Gasteiger charge is 2.14. The van der Waals surface area contributed by atoms with E-state index in [2.05, 4.69) is 23.6 Å². The van der Waals surface area contributed by atoms with Crippen LogP contribution in [0.3, 0.4) is 0 Å². The van der Waals surface area contributed by atoms with Crippen molar-refractivity contribution in [3.05, 3.63) is 59.8 Å². The van der Waals surface area contributed by atoms with Gasteiger partial charge in [0, 0.05) is 25.4 Å². The Balaban J connectivity index is 2.28. The van der Waals surface area contributed by atoms with Crippen molar-refractivity contribution in [3.8, 4) is 5.75 Å². The van der Waals surface area contributed by atoms with Crippen LogP contribution >= 0.6 is 0 Å². The van der Waals surface area contributed by atoms with Crippen LogP contribution in [0.25, 0.3) is 5.70 Å². The first-order valence-electron chi connectivity index (χ1n) is 6.09. The van der Waals surface area contributed by atoms with Crippen molar-refractivity contribution in [2.24, 2.45) is 0 Å². The van der Waals surface area contributed by atoms with Crippen LogP contribution in [0.5, 0.6) is 5.75 Å². The van der Waals surface area contributed by atoms with Crippen LogP contribution in [0, 0.1) is 0 Å². The summed E-state index contributed by atoms with van der Waals surface area (Å²) in [5, 5.41) is 0. The number of carbonyl (C=O) groups excluding carboxylic acids is 1. The van der Waals surface area contributed by atoms with Crippen LogP contribution in [0.4, 0.5) is 0 Å². The third-order valence-electron chi connectivity index (χ3n) is 3.12. The quantitative estimate of drug-likeness (QED) is 0.599. The summed E-state index contributed by atoms with van der Waals surface area (Å²) in [6, 6.07) is 7.45. The predicted molar refractivity (Wildman–Crippen MR) is 76.4 cm³/mol. The molecule has 0 aliphatic carbocycles. The third-order valence-corrected chi connectivity index (χ3v) is 3.12. The fourth-order valence-corrected chi connectivity index (χ4v) is 1.97. The lowest BCUT2D eigenvalue weighted by Gasteiger charge is -2.28. The molecule has 3 nitrogen and oxygen atoms in total. The van der Waals surface area contributed by atoms with Gasteiger partial charge in [0.1, 0.15) is 5.75 Å². The largest absolute Gasteiger partial charge is 0.427 e. The summed E-state index contributed by atoms with van der Waals surface area (Å²) in [6.07, 6.45) is 4.11. The van der Waals surface area contributed by atoms with E-state index in [4.69, 9.17) is 4.74 Å². The number of esters is 1. The number of nitrogens with zero attached hydrogens (tertiary/aromatic N) is 1. The molecule has 1 aromatic rings. The van der Waals surface area contributed by atoms with Gasteiger partial charge in [0.2, 0.25) is 0 Å². The van der Waals surface area contributed by atoms with Crippen molar-refractivity contribution in [1.82, 2.24) is 4.90 Å². The number of ether oxygens (including phenoxy) is 1. The van der Waals surface area contributed by atoms with E-state index in [0.29, 0.717) is 5.75 Å². The fraction of sp³-hybridized carbons (Fsp3) is 0.188. The van der Waals surface area contributed by atoms with Crippen LogP contribution in [-0.2, 0) is 4.79 Å². The summed E-state index contributed by atoms with van der Waals surface area (Å²) in [4.78, 5) is 12.9. The lowest BCUT2D eigenvalue weighted by Crippen LogP contribution is -2.18. The molecule has 1 aliphatic heterocycles. The molecule has 1 heterocycles. The zero-order valence-corrected chi connectivity index (χ0v) is 11.4. The molecule has 0 amide bonds. The van der Waals surface area contributed by atoms with Crippen molar-refractivity contribution >= 4 is 11.7 Å². The van der Waals surface area contributed by atoms with E-state index in [9.17, 15) is 4.79 Å². The molecule has 2 rings (SSSR count). The minimum atomic E-state index is -0.311. The number of carbonyl (C=O) groups is 1. The Bertz CT molecular complexity index is 579. The van der Waals surface area contributed by atoms with Gasteiger partial charge in [-0.1, -0.05) is 12.7 Å². The minimum absolute atomic E-state index is 0.311. The zero-order valence-electron chi connectivity index (χ0n) is 11.4. The molecular formula is C16H17NO2. The molecular weight excluding hydrogens is 238 g/mol. The molecule has 3 heteroatoms.